The maximum absolute atomic E-state index is 10.6. The molecule has 0 spiro atoms. The molecule has 0 amide bonds. The van der Waals surface area contributed by atoms with E-state index in [2.05, 4.69) is 33.3 Å². The fourth-order valence-electron chi connectivity index (χ4n) is 4.53. The summed E-state index contributed by atoms with van der Waals surface area (Å²) in [6.07, 6.45) is 1.46. The van der Waals surface area contributed by atoms with Crippen LogP contribution < -0.4 is 4.74 Å². The van der Waals surface area contributed by atoms with Crippen LogP contribution in [0.3, 0.4) is 0 Å². The summed E-state index contributed by atoms with van der Waals surface area (Å²) in [6.45, 7) is 4.26. The number of aliphatic hydroxyl groups is 2. The molecule has 0 aliphatic carbocycles. The fourth-order valence-corrected chi connectivity index (χ4v) is 4.72. The zero-order valence-corrected chi connectivity index (χ0v) is 20.2. The summed E-state index contributed by atoms with van der Waals surface area (Å²) in [6, 6.07) is 13.6. The molecular weight excluding hydrogens is 470 g/mol. The van der Waals surface area contributed by atoms with E-state index in [0.717, 1.165) is 41.9 Å². The van der Waals surface area contributed by atoms with Gasteiger partial charge in [-0.1, -0.05) is 29.8 Å². The van der Waals surface area contributed by atoms with Gasteiger partial charge in [-0.05, 0) is 68.1 Å². The minimum atomic E-state index is -0.620. The van der Waals surface area contributed by atoms with E-state index in [1.54, 1.807) is 6.07 Å². The Kier molecular flexibility index (Phi) is 7.06. The highest BCUT2D eigenvalue weighted by Gasteiger charge is 2.23. The third-order valence-electron chi connectivity index (χ3n) is 6.49. The van der Waals surface area contributed by atoms with Crippen LogP contribution in [0, 0.1) is 6.92 Å². The highest BCUT2D eigenvalue weighted by Crippen LogP contribution is 2.33. The number of aryl methyl sites for hydroxylation is 1. The summed E-state index contributed by atoms with van der Waals surface area (Å²) in [5.41, 5.74) is 3.00. The average Bonchev–Trinajstić information content (AvgIpc) is 3.52. The lowest BCUT2D eigenvalue weighted by Crippen LogP contribution is -2.40. The number of ether oxygens (including phenoxy) is 1. The van der Waals surface area contributed by atoms with E-state index in [-0.39, 0.29) is 25.0 Å². The van der Waals surface area contributed by atoms with Gasteiger partial charge in [-0.25, -0.2) is 0 Å². The number of β-amino-alcohol motifs (C(OH)–C–C–N with tert-alkyl or cyclic N) is 1. The fraction of sp³-hybridized carbons (Fsp3) is 0.385. The van der Waals surface area contributed by atoms with Gasteiger partial charge in [-0.2, -0.15) is 0 Å². The largest absolute Gasteiger partial charge is 0.490 e. The van der Waals surface area contributed by atoms with Crippen molar-refractivity contribution in [2.24, 2.45) is 0 Å². The van der Waals surface area contributed by atoms with Gasteiger partial charge in [0, 0.05) is 17.6 Å². The van der Waals surface area contributed by atoms with Crippen LogP contribution >= 0.6 is 11.6 Å². The average molecular weight is 498 g/mol. The number of fused-ring (bicyclic) bond motifs is 1. The molecule has 9 heteroatoms. The summed E-state index contributed by atoms with van der Waals surface area (Å²) in [4.78, 5) is 2.28. The highest BCUT2D eigenvalue weighted by molar-refractivity contribution is 6.31. The number of hydrogen-bond acceptors (Lipinski definition) is 8. The molecule has 2 N–H and O–H groups in total. The van der Waals surface area contributed by atoms with Gasteiger partial charge in [0.05, 0.1) is 5.39 Å². The predicted molar refractivity (Wildman–Crippen MR) is 132 cm³/mol. The number of aromatic nitrogens is 2. The van der Waals surface area contributed by atoms with Gasteiger partial charge in [-0.3, -0.25) is 0 Å². The van der Waals surface area contributed by atoms with Crippen LogP contribution in [0.2, 0.25) is 5.02 Å². The third kappa shape index (κ3) is 5.36. The van der Waals surface area contributed by atoms with Gasteiger partial charge in [0.15, 0.2) is 5.76 Å². The monoisotopic (exact) mass is 497 g/mol. The summed E-state index contributed by atoms with van der Waals surface area (Å²) in [5.74, 6) is 1.80. The Morgan fingerprint density at radius 1 is 1.14 bits per heavy atom. The van der Waals surface area contributed by atoms with Gasteiger partial charge in [-0.15, -0.1) is 10.2 Å². The second-order valence-electron chi connectivity index (χ2n) is 8.99. The van der Waals surface area contributed by atoms with Gasteiger partial charge in [0.25, 0.3) is 5.89 Å². The Morgan fingerprint density at radius 2 is 1.97 bits per heavy atom. The van der Waals surface area contributed by atoms with Crippen LogP contribution in [0.25, 0.3) is 22.6 Å². The number of nitrogens with zero attached hydrogens (tertiary/aromatic N) is 3. The van der Waals surface area contributed by atoms with E-state index in [9.17, 15) is 5.11 Å². The first-order valence-electron chi connectivity index (χ1n) is 11.8. The molecular formula is C26H28ClN3O5. The first-order valence-corrected chi connectivity index (χ1v) is 12.1. The van der Waals surface area contributed by atoms with E-state index >= 15 is 0 Å². The maximum Gasteiger partial charge on any atom is 0.283 e. The van der Waals surface area contributed by atoms with Crippen molar-refractivity contribution in [1.82, 2.24) is 15.1 Å². The summed E-state index contributed by atoms with van der Waals surface area (Å²) < 4.78 is 17.1. The summed E-state index contributed by atoms with van der Waals surface area (Å²) in [7, 11) is 0. The van der Waals surface area contributed by atoms with Gasteiger partial charge >= 0.3 is 0 Å². The molecule has 1 aliphatic heterocycles. The second-order valence-corrected chi connectivity index (χ2v) is 9.39. The Morgan fingerprint density at radius 3 is 2.71 bits per heavy atom. The van der Waals surface area contributed by atoms with Crippen LogP contribution in [-0.2, 0) is 6.61 Å². The Bertz CT molecular complexity index is 1300. The molecule has 2 aromatic carbocycles. The molecule has 0 saturated carbocycles. The van der Waals surface area contributed by atoms with E-state index in [1.807, 2.05) is 25.1 Å². The molecule has 0 unspecified atom stereocenters. The van der Waals surface area contributed by atoms with Gasteiger partial charge in [0.2, 0.25) is 5.89 Å². The second kappa shape index (κ2) is 10.4. The van der Waals surface area contributed by atoms with Crippen molar-refractivity contribution in [3.63, 3.8) is 0 Å². The number of furan rings is 1. The Labute approximate surface area is 208 Å². The molecule has 4 aromatic rings. The van der Waals surface area contributed by atoms with Crippen molar-refractivity contribution < 1.29 is 23.8 Å². The lowest BCUT2D eigenvalue weighted by atomic mass is 9.89. The van der Waals surface area contributed by atoms with Crippen molar-refractivity contribution in [2.45, 2.75) is 38.4 Å². The molecule has 0 radical (unpaired) electrons. The van der Waals surface area contributed by atoms with Crippen LogP contribution in [0.1, 0.15) is 35.8 Å². The lowest BCUT2D eigenvalue weighted by molar-refractivity contribution is 0.0599. The molecule has 0 bridgehead atoms. The molecule has 3 heterocycles. The number of aliphatic hydroxyl groups excluding tert-OH is 2. The number of halogens is 1. The normalized spacial score (nSPS) is 16.1. The molecule has 1 fully saturated rings. The Hall–Kier alpha value is -2.91. The molecule has 184 valence electrons. The molecule has 8 nitrogen and oxygen atoms in total. The Balaban J connectivity index is 1.16. The summed E-state index contributed by atoms with van der Waals surface area (Å²) >= 11 is 6.31. The maximum atomic E-state index is 10.6. The topological polar surface area (TPSA) is 105 Å². The number of piperidine rings is 1. The van der Waals surface area contributed by atoms with E-state index in [0.29, 0.717) is 29.6 Å². The van der Waals surface area contributed by atoms with Crippen molar-refractivity contribution >= 4 is 22.6 Å². The number of benzene rings is 2. The lowest BCUT2D eigenvalue weighted by Gasteiger charge is -2.33. The predicted octanol–water partition coefficient (Wildman–Crippen LogP) is 4.56. The smallest absolute Gasteiger partial charge is 0.283 e. The van der Waals surface area contributed by atoms with Crippen molar-refractivity contribution in [3.05, 3.63) is 64.5 Å². The SMILES string of the molecule is Cc1ccc(C2CCN(C[C@H](O)COc3cccc4oc(-c5nnc(CO)o5)cc34)CC2)cc1Cl. The van der Waals surface area contributed by atoms with Crippen molar-refractivity contribution in [1.29, 1.82) is 0 Å². The quantitative estimate of drug-likeness (QED) is 0.365. The van der Waals surface area contributed by atoms with E-state index < -0.39 is 6.10 Å². The zero-order chi connectivity index (χ0) is 24.4. The van der Waals surface area contributed by atoms with Crippen LogP contribution in [-0.4, -0.2) is 57.7 Å². The van der Waals surface area contributed by atoms with E-state index in [1.165, 1.54) is 5.56 Å². The standard InChI is InChI=1S/C26H28ClN3O5/c1-16-5-6-18(11-21(16)27)17-7-9-30(10-8-17)13-19(32)15-33-22-3-2-4-23-20(22)12-24(34-23)26-29-28-25(14-31)35-26/h2-6,11-12,17,19,31-32H,7-10,13-15H2,1H3/t19-/m0/s1. The van der Waals surface area contributed by atoms with Crippen LogP contribution in [0.4, 0.5) is 0 Å². The molecule has 35 heavy (non-hydrogen) atoms. The van der Waals surface area contributed by atoms with Crippen molar-refractivity contribution in [2.75, 3.05) is 26.2 Å². The molecule has 5 rings (SSSR count). The first kappa shape index (κ1) is 23.8. The van der Waals surface area contributed by atoms with Gasteiger partial charge in [0.1, 0.15) is 30.7 Å². The molecule has 1 saturated heterocycles. The molecule has 1 atom stereocenters. The van der Waals surface area contributed by atoms with Crippen molar-refractivity contribution in [3.8, 4) is 17.4 Å². The minimum Gasteiger partial charge on any atom is -0.490 e. The number of rotatable bonds is 8. The van der Waals surface area contributed by atoms with Crippen LogP contribution in [0.5, 0.6) is 5.75 Å². The van der Waals surface area contributed by atoms with E-state index in [4.69, 9.17) is 30.3 Å². The summed E-state index contributed by atoms with van der Waals surface area (Å²) in [5, 5.41) is 29.0. The minimum absolute atomic E-state index is 0.117. The zero-order valence-electron chi connectivity index (χ0n) is 19.5. The molecule has 2 aromatic heterocycles. The number of hydrogen-bond donors (Lipinski definition) is 2. The third-order valence-corrected chi connectivity index (χ3v) is 6.90. The van der Waals surface area contributed by atoms with Crippen LogP contribution in [0.15, 0.2) is 51.3 Å². The molecule has 1 aliphatic rings. The first-order chi connectivity index (χ1) is 17.0. The highest BCUT2D eigenvalue weighted by atomic mass is 35.5. The number of likely N-dealkylation sites (tertiary alicyclic amines) is 1. The van der Waals surface area contributed by atoms with Gasteiger partial charge < -0.3 is 28.7 Å².